The Bertz CT molecular complexity index is 123. The standard InChI is InChI=1S/C8H14NO2/c1-2-3-4-5-8(11)9-6-7-10/h2-6H2,1H3,(H,9,11). The summed E-state index contributed by atoms with van der Waals surface area (Å²) >= 11 is 0. The van der Waals surface area contributed by atoms with E-state index < -0.39 is 0 Å². The van der Waals surface area contributed by atoms with Gasteiger partial charge in [0.1, 0.15) is 0 Å². The van der Waals surface area contributed by atoms with Crippen molar-refractivity contribution in [2.24, 2.45) is 0 Å². The van der Waals surface area contributed by atoms with Gasteiger partial charge in [-0.1, -0.05) is 19.8 Å². The van der Waals surface area contributed by atoms with E-state index in [2.05, 4.69) is 12.2 Å². The normalized spacial score (nSPS) is 9.18. The molecule has 0 saturated carbocycles. The lowest BCUT2D eigenvalue weighted by Crippen LogP contribution is -2.24. The minimum atomic E-state index is -0.0539. The molecule has 63 valence electrons. The highest BCUT2D eigenvalue weighted by atomic mass is 16.2. The summed E-state index contributed by atoms with van der Waals surface area (Å²) in [5.74, 6) is -0.0539. The smallest absolute Gasteiger partial charge is 0.220 e. The van der Waals surface area contributed by atoms with E-state index in [0.29, 0.717) is 6.42 Å². The molecule has 0 unspecified atom stereocenters. The molecule has 1 radical (unpaired) electrons. The molecule has 0 heterocycles. The Hall–Kier alpha value is -0.860. The highest BCUT2D eigenvalue weighted by Gasteiger charge is 1.97. The van der Waals surface area contributed by atoms with Gasteiger partial charge in [-0.15, -0.1) is 0 Å². The molecule has 0 bridgehead atoms. The number of hydrogen-bond acceptors (Lipinski definition) is 2. The maximum Gasteiger partial charge on any atom is 0.220 e. The van der Waals surface area contributed by atoms with Crippen molar-refractivity contribution in [3.63, 3.8) is 0 Å². The van der Waals surface area contributed by atoms with Crippen molar-refractivity contribution < 1.29 is 9.59 Å². The van der Waals surface area contributed by atoms with Crippen molar-refractivity contribution in [1.82, 2.24) is 5.32 Å². The van der Waals surface area contributed by atoms with Gasteiger partial charge in [-0.05, 0) is 6.42 Å². The summed E-state index contributed by atoms with van der Waals surface area (Å²) in [5, 5.41) is 2.43. The number of amides is 1. The van der Waals surface area contributed by atoms with Gasteiger partial charge in [0.25, 0.3) is 0 Å². The van der Waals surface area contributed by atoms with E-state index in [1.807, 2.05) is 0 Å². The molecule has 0 rings (SSSR count). The number of nitrogens with one attached hydrogen (secondary N) is 1. The minimum Gasteiger partial charge on any atom is -0.349 e. The fraction of sp³-hybridized carbons (Fsp3) is 0.750. The van der Waals surface area contributed by atoms with Crippen LogP contribution in [0.15, 0.2) is 0 Å². The molecular formula is C8H14NO2. The third-order valence-corrected chi connectivity index (χ3v) is 1.37. The molecule has 0 atom stereocenters. The summed E-state index contributed by atoms with van der Waals surface area (Å²) in [6.07, 6.45) is 5.21. The van der Waals surface area contributed by atoms with Gasteiger partial charge in [-0.3, -0.25) is 9.59 Å². The van der Waals surface area contributed by atoms with Crippen LogP contribution in [0.25, 0.3) is 0 Å². The Morgan fingerprint density at radius 3 is 2.73 bits per heavy atom. The number of hydrogen-bond donors (Lipinski definition) is 1. The Balaban J connectivity index is 3.15. The first-order valence-electron chi connectivity index (χ1n) is 3.93. The quantitative estimate of drug-likeness (QED) is 0.578. The largest absolute Gasteiger partial charge is 0.349 e. The summed E-state index contributed by atoms with van der Waals surface area (Å²) in [6.45, 7) is 2.10. The summed E-state index contributed by atoms with van der Waals surface area (Å²) in [4.78, 5) is 20.5. The first-order valence-corrected chi connectivity index (χ1v) is 3.93. The average molecular weight is 156 g/mol. The fourth-order valence-corrected chi connectivity index (χ4v) is 0.759. The predicted molar refractivity (Wildman–Crippen MR) is 42.8 cm³/mol. The second-order valence-electron chi connectivity index (χ2n) is 2.38. The molecule has 0 aliphatic heterocycles. The highest BCUT2D eigenvalue weighted by molar-refractivity contribution is 5.78. The molecule has 11 heavy (non-hydrogen) atoms. The van der Waals surface area contributed by atoms with Crippen LogP contribution in [0.4, 0.5) is 0 Å². The van der Waals surface area contributed by atoms with E-state index in [-0.39, 0.29) is 12.5 Å². The first kappa shape index (κ1) is 10.1. The number of carbonyl (C=O) groups is 1. The number of rotatable bonds is 6. The predicted octanol–water partition coefficient (Wildman–Crippen LogP) is 0.793. The lowest BCUT2D eigenvalue weighted by atomic mass is 10.2. The van der Waals surface area contributed by atoms with Crippen LogP contribution in [0.3, 0.4) is 0 Å². The lowest BCUT2D eigenvalue weighted by Gasteiger charge is -1.98. The van der Waals surface area contributed by atoms with Crippen molar-refractivity contribution in [3.8, 4) is 0 Å². The lowest BCUT2D eigenvalue weighted by molar-refractivity contribution is -0.120. The molecule has 0 fully saturated rings. The van der Waals surface area contributed by atoms with Gasteiger partial charge < -0.3 is 5.32 Å². The van der Waals surface area contributed by atoms with E-state index in [1.54, 1.807) is 6.29 Å². The minimum absolute atomic E-state index is 0.0188. The summed E-state index contributed by atoms with van der Waals surface area (Å²) < 4.78 is 0. The van der Waals surface area contributed by atoms with Crippen LogP contribution in [0.5, 0.6) is 0 Å². The number of carbonyl (C=O) groups excluding carboxylic acids is 2. The van der Waals surface area contributed by atoms with Crippen LogP contribution < -0.4 is 5.32 Å². The van der Waals surface area contributed by atoms with Gasteiger partial charge >= 0.3 is 0 Å². The second kappa shape index (κ2) is 7.25. The zero-order valence-electron chi connectivity index (χ0n) is 6.85. The zero-order chi connectivity index (χ0) is 8.53. The van der Waals surface area contributed by atoms with Crippen molar-refractivity contribution in [2.45, 2.75) is 32.6 Å². The maximum absolute atomic E-state index is 10.8. The molecule has 0 aliphatic rings. The molecule has 3 nitrogen and oxygen atoms in total. The molecule has 0 spiro atoms. The van der Waals surface area contributed by atoms with Crippen LogP contribution in [-0.4, -0.2) is 18.7 Å². The SMILES string of the molecule is CCCCCC(=O)NC[C]=O. The first-order chi connectivity index (χ1) is 5.31. The van der Waals surface area contributed by atoms with Crippen LogP contribution >= 0.6 is 0 Å². The topological polar surface area (TPSA) is 46.2 Å². The Morgan fingerprint density at radius 1 is 1.45 bits per heavy atom. The van der Waals surface area contributed by atoms with E-state index >= 15 is 0 Å². The van der Waals surface area contributed by atoms with Crippen LogP contribution in [0, 0.1) is 0 Å². The van der Waals surface area contributed by atoms with Gasteiger partial charge in [-0.2, -0.15) is 0 Å². The van der Waals surface area contributed by atoms with Crippen LogP contribution in [0.2, 0.25) is 0 Å². The summed E-state index contributed by atoms with van der Waals surface area (Å²) in [5.41, 5.74) is 0. The van der Waals surface area contributed by atoms with E-state index in [1.165, 1.54) is 0 Å². The van der Waals surface area contributed by atoms with Crippen molar-refractivity contribution in [3.05, 3.63) is 0 Å². The molecule has 0 saturated heterocycles. The monoisotopic (exact) mass is 156 g/mol. The molecular weight excluding hydrogens is 142 g/mol. The molecule has 1 N–H and O–H groups in total. The van der Waals surface area contributed by atoms with Crippen molar-refractivity contribution in [2.75, 3.05) is 6.54 Å². The van der Waals surface area contributed by atoms with Crippen LogP contribution in [0.1, 0.15) is 32.6 Å². The fourth-order valence-electron chi connectivity index (χ4n) is 0.759. The molecule has 1 amide bonds. The third kappa shape index (κ3) is 7.03. The van der Waals surface area contributed by atoms with Crippen molar-refractivity contribution in [1.29, 1.82) is 0 Å². The van der Waals surface area contributed by atoms with Gasteiger partial charge in [0, 0.05) is 6.42 Å². The van der Waals surface area contributed by atoms with Crippen molar-refractivity contribution >= 4 is 12.2 Å². The van der Waals surface area contributed by atoms with E-state index in [9.17, 15) is 9.59 Å². The highest BCUT2D eigenvalue weighted by Crippen LogP contribution is 1.97. The zero-order valence-corrected chi connectivity index (χ0v) is 6.85. The van der Waals surface area contributed by atoms with Gasteiger partial charge in [0.2, 0.25) is 12.2 Å². The third-order valence-electron chi connectivity index (χ3n) is 1.37. The molecule has 0 aromatic carbocycles. The Morgan fingerprint density at radius 2 is 2.18 bits per heavy atom. The van der Waals surface area contributed by atoms with Crippen LogP contribution in [-0.2, 0) is 9.59 Å². The maximum atomic E-state index is 10.8. The molecule has 3 heteroatoms. The summed E-state index contributed by atoms with van der Waals surface area (Å²) in [6, 6.07) is 0. The molecule has 0 aliphatic carbocycles. The van der Waals surface area contributed by atoms with Gasteiger partial charge in [0.15, 0.2) is 0 Å². The Labute approximate surface area is 67.2 Å². The average Bonchev–Trinajstić information content (AvgIpc) is 2.01. The van der Waals surface area contributed by atoms with Gasteiger partial charge in [0.05, 0.1) is 6.54 Å². The summed E-state index contributed by atoms with van der Waals surface area (Å²) in [7, 11) is 0. The molecule has 0 aromatic rings. The van der Waals surface area contributed by atoms with E-state index in [0.717, 1.165) is 19.3 Å². The molecule has 0 aromatic heterocycles. The van der Waals surface area contributed by atoms with E-state index in [4.69, 9.17) is 0 Å². The van der Waals surface area contributed by atoms with Gasteiger partial charge in [-0.25, -0.2) is 0 Å². The number of unbranched alkanes of at least 4 members (excludes halogenated alkanes) is 2. The second-order valence-corrected chi connectivity index (χ2v) is 2.38. The Kier molecular flexibility index (Phi) is 6.68.